The minimum atomic E-state index is -0.425. The zero-order chi connectivity index (χ0) is 20.7. The number of imide groups is 1. The Balaban J connectivity index is 1.56. The third-order valence-corrected chi connectivity index (χ3v) is 6.24. The number of benzene rings is 3. The lowest BCUT2D eigenvalue weighted by molar-refractivity contribution is -0.104. The van der Waals surface area contributed by atoms with Crippen LogP contribution in [0, 0.1) is 0 Å². The summed E-state index contributed by atoms with van der Waals surface area (Å²) in [4.78, 5) is 34.4. The Bertz CT molecular complexity index is 1140. The van der Waals surface area contributed by atoms with Crippen molar-refractivity contribution in [3.05, 3.63) is 75.8 Å². The molecular formula is C24H21BrN2O3. The number of hydrogen-bond acceptors (Lipinski definition) is 4. The van der Waals surface area contributed by atoms with Gasteiger partial charge in [-0.3, -0.25) is 14.4 Å². The van der Waals surface area contributed by atoms with Gasteiger partial charge in [-0.15, -0.1) is 5.06 Å². The van der Waals surface area contributed by atoms with Crippen molar-refractivity contribution in [1.82, 2.24) is 5.06 Å². The van der Waals surface area contributed by atoms with E-state index in [2.05, 4.69) is 20.8 Å². The molecule has 0 radical (unpaired) electrons. The van der Waals surface area contributed by atoms with Crippen LogP contribution in [-0.4, -0.2) is 30.0 Å². The lowest BCUT2D eigenvalue weighted by Crippen LogP contribution is -2.40. The summed E-state index contributed by atoms with van der Waals surface area (Å²) in [6.07, 6.45) is 3.55. The number of hydroxylamine groups is 2. The van der Waals surface area contributed by atoms with Gasteiger partial charge in [-0.05, 0) is 49.1 Å². The number of carbonyl (C=O) groups excluding carboxylic acids is 2. The largest absolute Gasteiger partial charge is 0.371 e. The first kappa shape index (κ1) is 19.3. The molecule has 0 aliphatic carbocycles. The maximum Gasteiger partial charge on any atom is 0.285 e. The first-order chi connectivity index (χ1) is 14.6. The van der Waals surface area contributed by atoms with Crippen LogP contribution in [0.2, 0.25) is 0 Å². The van der Waals surface area contributed by atoms with Crippen molar-refractivity contribution >= 4 is 44.2 Å². The molecule has 6 heteroatoms. The molecule has 1 saturated heterocycles. The molecule has 5 nitrogen and oxygen atoms in total. The van der Waals surface area contributed by atoms with Gasteiger partial charge in [0.15, 0.2) is 0 Å². The molecule has 0 spiro atoms. The normalized spacial score (nSPS) is 16.4. The maximum absolute atomic E-state index is 13.2. The van der Waals surface area contributed by atoms with E-state index in [1.54, 1.807) is 6.07 Å². The van der Waals surface area contributed by atoms with Gasteiger partial charge in [0.05, 0.1) is 11.1 Å². The molecule has 5 rings (SSSR count). The van der Waals surface area contributed by atoms with Gasteiger partial charge in [-0.1, -0.05) is 46.3 Å². The smallest absolute Gasteiger partial charge is 0.285 e. The second-order valence-electron chi connectivity index (χ2n) is 7.72. The summed E-state index contributed by atoms with van der Waals surface area (Å²) in [5.74, 6) is -0.841. The third kappa shape index (κ3) is 3.30. The number of piperidine rings is 1. The summed E-state index contributed by atoms with van der Waals surface area (Å²) >= 11 is 3.55. The lowest BCUT2D eigenvalue weighted by Gasteiger charge is -2.32. The van der Waals surface area contributed by atoms with E-state index >= 15 is 0 Å². The van der Waals surface area contributed by atoms with E-state index < -0.39 is 11.8 Å². The van der Waals surface area contributed by atoms with Crippen LogP contribution in [0.5, 0.6) is 0 Å². The minimum absolute atomic E-state index is 0.149. The van der Waals surface area contributed by atoms with E-state index in [-0.39, 0.29) is 6.61 Å². The van der Waals surface area contributed by atoms with Gasteiger partial charge in [0, 0.05) is 34.0 Å². The average molecular weight is 465 g/mol. The van der Waals surface area contributed by atoms with E-state index in [0.717, 1.165) is 57.5 Å². The van der Waals surface area contributed by atoms with Crippen LogP contribution in [0.3, 0.4) is 0 Å². The maximum atomic E-state index is 13.2. The van der Waals surface area contributed by atoms with Gasteiger partial charge >= 0.3 is 0 Å². The van der Waals surface area contributed by atoms with Crippen LogP contribution in [0.25, 0.3) is 10.8 Å². The van der Waals surface area contributed by atoms with E-state index in [0.29, 0.717) is 11.1 Å². The fraction of sp³-hybridized carbons (Fsp3) is 0.250. The summed E-state index contributed by atoms with van der Waals surface area (Å²) in [5, 5.41) is 2.55. The fourth-order valence-electron chi connectivity index (χ4n) is 4.33. The highest BCUT2D eigenvalue weighted by Gasteiger charge is 2.35. The van der Waals surface area contributed by atoms with Crippen molar-refractivity contribution in [3.63, 3.8) is 0 Å². The highest BCUT2D eigenvalue weighted by Crippen LogP contribution is 2.39. The van der Waals surface area contributed by atoms with Crippen molar-refractivity contribution in [2.75, 3.05) is 18.0 Å². The molecule has 2 amide bonds. The Morgan fingerprint density at radius 1 is 0.867 bits per heavy atom. The van der Waals surface area contributed by atoms with Gasteiger partial charge < -0.3 is 4.90 Å². The number of rotatable bonds is 4. The third-order valence-electron chi connectivity index (χ3n) is 5.79. The summed E-state index contributed by atoms with van der Waals surface area (Å²) in [5.41, 5.74) is 2.96. The molecule has 3 aromatic carbocycles. The molecular weight excluding hydrogens is 444 g/mol. The van der Waals surface area contributed by atoms with Crippen molar-refractivity contribution in [1.29, 1.82) is 0 Å². The van der Waals surface area contributed by atoms with Crippen LogP contribution in [0.1, 0.15) is 45.5 Å². The number of amides is 2. The van der Waals surface area contributed by atoms with Crippen LogP contribution in [0.15, 0.2) is 59.1 Å². The summed E-state index contributed by atoms with van der Waals surface area (Å²) in [6, 6.07) is 17.1. The Morgan fingerprint density at radius 3 is 2.37 bits per heavy atom. The summed E-state index contributed by atoms with van der Waals surface area (Å²) < 4.78 is 0.811. The first-order valence-corrected chi connectivity index (χ1v) is 11.0. The highest BCUT2D eigenvalue weighted by molar-refractivity contribution is 9.10. The molecule has 0 unspecified atom stereocenters. The molecule has 30 heavy (non-hydrogen) atoms. The molecule has 1 fully saturated rings. The van der Waals surface area contributed by atoms with Crippen molar-refractivity contribution in [2.45, 2.75) is 25.9 Å². The predicted octanol–water partition coefficient (Wildman–Crippen LogP) is 5.32. The Kier molecular flexibility index (Phi) is 5.05. The molecule has 2 aliphatic heterocycles. The van der Waals surface area contributed by atoms with Crippen LogP contribution >= 0.6 is 15.9 Å². The standard InChI is InChI=1S/C24H21BrN2O3/c25-17-13-19-21(26-11-5-2-6-12-26)10-9-18-22(19)20(14-17)24(29)27(23(18)28)30-15-16-7-3-1-4-8-16/h1,3-4,7-10,13-14H,2,5-6,11-12,15H2. The van der Waals surface area contributed by atoms with Crippen molar-refractivity contribution in [2.24, 2.45) is 0 Å². The Hall–Kier alpha value is -2.70. The van der Waals surface area contributed by atoms with Crippen LogP contribution in [-0.2, 0) is 11.4 Å². The average Bonchev–Trinajstić information content (AvgIpc) is 2.78. The molecule has 0 atom stereocenters. The van der Waals surface area contributed by atoms with Gasteiger partial charge in [0.1, 0.15) is 6.61 Å². The molecule has 0 aromatic heterocycles. The van der Waals surface area contributed by atoms with Gasteiger partial charge in [0.2, 0.25) is 0 Å². The summed E-state index contributed by atoms with van der Waals surface area (Å²) in [7, 11) is 0. The number of anilines is 1. The minimum Gasteiger partial charge on any atom is -0.371 e. The zero-order valence-electron chi connectivity index (χ0n) is 16.4. The predicted molar refractivity (Wildman–Crippen MR) is 119 cm³/mol. The fourth-order valence-corrected chi connectivity index (χ4v) is 4.79. The molecule has 152 valence electrons. The summed E-state index contributed by atoms with van der Waals surface area (Å²) in [6.45, 7) is 2.13. The number of nitrogens with zero attached hydrogens (tertiary/aromatic N) is 2. The SMILES string of the molecule is O=C1c2ccc(N3CCCCC3)c3cc(Br)cc(c23)C(=O)N1OCc1ccccc1. The molecule has 0 N–H and O–H groups in total. The Labute approximate surface area is 183 Å². The van der Waals surface area contributed by atoms with Crippen LogP contribution in [0.4, 0.5) is 5.69 Å². The molecule has 2 aliphatic rings. The van der Waals surface area contributed by atoms with Gasteiger partial charge in [0.25, 0.3) is 11.8 Å². The molecule has 2 heterocycles. The molecule has 3 aromatic rings. The highest BCUT2D eigenvalue weighted by atomic mass is 79.9. The topological polar surface area (TPSA) is 49.9 Å². The molecule has 0 bridgehead atoms. The number of halogens is 1. The Morgan fingerprint density at radius 2 is 1.60 bits per heavy atom. The molecule has 0 saturated carbocycles. The van der Waals surface area contributed by atoms with Gasteiger partial charge in [-0.2, -0.15) is 0 Å². The monoisotopic (exact) mass is 464 g/mol. The second-order valence-corrected chi connectivity index (χ2v) is 8.64. The quantitative estimate of drug-likeness (QED) is 0.490. The van der Waals surface area contributed by atoms with E-state index in [1.165, 1.54) is 6.42 Å². The number of hydrogen-bond donors (Lipinski definition) is 0. The zero-order valence-corrected chi connectivity index (χ0v) is 18.0. The van der Waals surface area contributed by atoms with E-state index in [1.807, 2.05) is 48.5 Å². The second kappa shape index (κ2) is 7.85. The van der Waals surface area contributed by atoms with E-state index in [4.69, 9.17) is 4.84 Å². The number of carbonyl (C=O) groups is 2. The lowest BCUT2D eigenvalue weighted by atomic mass is 9.93. The van der Waals surface area contributed by atoms with Crippen LogP contribution < -0.4 is 4.90 Å². The van der Waals surface area contributed by atoms with E-state index in [9.17, 15) is 9.59 Å². The first-order valence-electron chi connectivity index (χ1n) is 10.2. The van der Waals surface area contributed by atoms with Gasteiger partial charge in [-0.25, -0.2) is 0 Å². The van der Waals surface area contributed by atoms with Crippen molar-refractivity contribution in [3.8, 4) is 0 Å². The van der Waals surface area contributed by atoms with Crippen molar-refractivity contribution < 1.29 is 14.4 Å².